The Morgan fingerprint density at radius 2 is 0.489 bits per heavy atom. The van der Waals surface area contributed by atoms with Crippen LogP contribution in [0.1, 0.15) is 272 Å². The second-order valence-corrected chi connectivity index (χ2v) is 27.9. The molecule has 0 aromatic carbocycles. The summed E-state index contributed by atoms with van der Waals surface area (Å²) in [6.45, 7) is 23.7. The maximum Gasteiger partial charge on any atom is 0.220 e. The Kier molecular flexibility index (Phi) is 58.1. The molecule has 8 unspecified atom stereocenters. The van der Waals surface area contributed by atoms with Crippen LogP contribution in [-0.4, -0.2) is 141 Å². The van der Waals surface area contributed by atoms with E-state index in [0.717, 1.165) is 165 Å². The van der Waals surface area contributed by atoms with Crippen LogP contribution in [0.25, 0.3) is 0 Å². The first-order chi connectivity index (χ1) is 45.1. The third-order valence-electron chi connectivity index (χ3n) is 20.1. The molecule has 0 saturated carbocycles. The van der Waals surface area contributed by atoms with E-state index in [4.69, 9.17) is 11.5 Å². The highest BCUT2D eigenvalue weighted by atomic mass is 16.2. The van der Waals surface area contributed by atoms with Crippen molar-refractivity contribution in [3.05, 3.63) is 24.3 Å². The van der Waals surface area contributed by atoms with Gasteiger partial charge in [-0.2, -0.15) is 0 Å². The molecule has 0 aromatic heterocycles. The first-order valence-corrected chi connectivity index (χ1v) is 39.2. The van der Waals surface area contributed by atoms with Gasteiger partial charge in [-0.05, 0) is 112 Å². The van der Waals surface area contributed by atoms with E-state index in [9.17, 15) is 19.2 Å². The Bertz CT molecular complexity index is 1770. The van der Waals surface area contributed by atoms with E-state index in [1.165, 1.54) is 167 Å². The highest BCUT2D eigenvalue weighted by molar-refractivity contribution is 5.76. The largest absolute Gasteiger partial charge is 0.355 e. The minimum Gasteiger partial charge on any atom is -0.355 e. The van der Waals surface area contributed by atoms with Gasteiger partial charge in [0.2, 0.25) is 23.6 Å². The summed E-state index contributed by atoms with van der Waals surface area (Å²) in [4.78, 5) is 49.8. The van der Waals surface area contributed by atoms with Crippen molar-refractivity contribution in [2.75, 3.05) is 118 Å². The topological polar surface area (TPSA) is 241 Å². The summed E-state index contributed by atoms with van der Waals surface area (Å²) < 4.78 is 0. The molecule has 0 aromatic rings. The van der Waals surface area contributed by atoms with Gasteiger partial charge in [0.15, 0.2) is 0 Å². The van der Waals surface area contributed by atoms with E-state index >= 15 is 0 Å². The van der Waals surface area contributed by atoms with Crippen molar-refractivity contribution in [3.63, 3.8) is 0 Å². The van der Waals surface area contributed by atoms with Gasteiger partial charge in [0.05, 0.1) is 0 Å². The number of carbonyl (C=O) groups excluding carboxylic acids is 4. The van der Waals surface area contributed by atoms with Gasteiger partial charge < -0.3 is 64.6 Å². The van der Waals surface area contributed by atoms with Crippen LogP contribution < -0.4 is 64.6 Å². The first-order valence-electron chi connectivity index (χ1n) is 39.2. The van der Waals surface area contributed by atoms with E-state index < -0.39 is 0 Å². The lowest BCUT2D eigenvalue weighted by Gasteiger charge is -2.38. The minimum absolute atomic E-state index is 0.160. The van der Waals surface area contributed by atoms with Crippen molar-refractivity contribution in [2.24, 2.45) is 58.8 Å². The van der Waals surface area contributed by atoms with E-state index in [0.29, 0.717) is 76.8 Å². The second kappa shape index (κ2) is 62.8. The molecule has 16 nitrogen and oxygen atoms in total. The SMILES string of the molecule is CCCCCCC1C=CC(CCCCCCCC(=O)NCCNCCNCCNC(=O)CCCCCCCC2C(CCCCCCCC(=O)NCCNCCNCCN)C=CC(CCCCCC)C2C)C(CCCCCCCC(=O)NCCNCCNCCN)C1C. The van der Waals surface area contributed by atoms with E-state index in [2.05, 4.69) is 105 Å². The average Bonchev–Trinajstić information content (AvgIpc) is 0.981. The Morgan fingerprint density at radius 1 is 0.272 bits per heavy atom. The number of nitrogens with one attached hydrogen (secondary N) is 10. The van der Waals surface area contributed by atoms with Gasteiger partial charge in [0, 0.05) is 143 Å². The quantitative estimate of drug-likeness (QED) is 0.0201. The Labute approximate surface area is 566 Å². The van der Waals surface area contributed by atoms with Gasteiger partial charge in [0.25, 0.3) is 0 Å². The summed E-state index contributed by atoms with van der Waals surface area (Å²) >= 11 is 0. The second-order valence-electron chi connectivity index (χ2n) is 27.9. The van der Waals surface area contributed by atoms with Gasteiger partial charge >= 0.3 is 0 Å². The molecule has 8 atom stereocenters. The normalized spacial score (nSPS) is 19.6. The van der Waals surface area contributed by atoms with Crippen LogP contribution in [0, 0.1) is 47.3 Å². The van der Waals surface area contributed by atoms with Crippen LogP contribution in [0.5, 0.6) is 0 Å². The molecule has 0 fully saturated rings. The number of hydrogen-bond acceptors (Lipinski definition) is 12. The van der Waals surface area contributed by atoms with E-state index in [-0.39, 0.29) is 23.6 Å². The van der Waals surface area contributed by atoms with Crippen molar-refractivity contribution in [1.29, 1.82) is 0 Å². The van der Waals surface area contributed by atoms with Crippen LogP contribution in [-0.2, 0) is 19.2 Å². The highest BCUT2D eigenvalue weighted by Crippen LogP contribution is 2.43. The number of allylic oxidation sites excluding steroid dienone is 4. The highest BCUT2D eigenvalue weighted by Gasteiger charge is 2.34. The number of unbranched alkanes of at least 4 members (excludes halogenated alkanes) is 22. The molecule has 92 heavy (non-hydrogen) atoms. The van der Waals surface area contributed by atoms with Crippen LogP contribution in [0.15, 0.2) is 24.3 Å². The summed E-state index contributed by atoms with van der Waals surface area (Å²) in [6, 6.07) is 0. The molecule has 2 rings (SSSR count). The molecule has 14 N–H and O–H groups in total. The van der Waals surface area contributed by atoms with Crippen molar-refractivity contribution >= 4 is 23.6 Å². The fourth-order valence-corrected chi connectivity index (χ4v) is 14.3. The summed E-state index contributed by atoms with van der Waals surface area (Å²) in [5, 5.41) is 32.4. The van der Waals surface area contributed by atoms with Gasteiger partial charge in [-0.15, -0.1) is 0 Å². The van der Waals surface area contributed by atoms with Crippen molar-refractivity contribution < 1.29 is 19.2 Å². The van der Waals surface area contributed by atoms with Crippen LogP contribution >= 0.6 is 0 Å². The zero-order valence-electron chi connectivity index (χ0n) is 60.3. The molecule has 16 heteroatoms. The fourth-order valence-electron chi connectivity index (χ4n) is 14.3. The maximum atomic E-state index is 12.6. The van der Waals surface area contributed by atoms with Crippen molar-refractivity contribution in [1.82, 2.24) is 53.2 Å². The maximum absolute atomic E-state index is 12.6. The molecule has 0 saturated heterocycles. The third kappa shape index (κ3) is 47.9. The molecule has 2 aliphatic rings. The van der Waals surface area contributed by atoms with Gasteiger partial charge in [0.1, 0.15) is 0 Å². The Balaban J connectivity index is 1.49. The number of rotatable bonds is 67. The zero-order chi connectivity index (χ0) is 66.4. The average molecular weight is 1300 g/mol. The molecule has 0 heterocycles. The fraction of sp³-hybridized carbons (Fsp3) is 0.895. The first kappa shape index (κ1) is 85.1. The molecule has 0 bridgehead atoms. The lowest BCUT2D eigenvalue weighted by molar-refractivity contribution is -0.122. The predicted octanol–water partition coefficient (Wildman–Crippen LogP) is 11.9. The lowest BCUT2D eigenvalue weighted by atomic mass is 9.67. The van der Waals surface area contributed by atoms with Gasteiger partial charge in [-0.25, -0.2) is 0 Å². The Morgan fingerprint density at radius 3 is 0.772 bits per heavy atom. The monoisotopic (exact) mass is 1300 g/mol. The molecule has 2 aliphatic carbocycles. The summed E-state index contributed by atoms with van der Waals surface area (Å²) in [5.74, 6) is 6.52. The zero-order valence-corrected chi connectivity index (χ0v) is 60.3. The smallest absolute Gasteiger partial charge is 0.220 e. The number of amides is 4. The van der Waals surface area contributed by atoms with Gasteiger partial charge in [-0.1, -0.05) is 206 Å². The molecule has 0 aliphatic heterocycles. The summed E-state index contributed by atoms with van der Waals surface area (Å²) in [5.41, 5.74) is 11.0. The van der Waals surface area contributed by atoms with Crippen molar-refractivity contribution in [3.8, 4) is 0 Å². The standard InChI is InChI=1S/C76H150N12O4/c1-5-7-9-23-33-67-44-46-70(71(65(67)3)37-27-17-13-21-31-41-75(91)86-62-58-82-54-52-80-50-48-78)36-26-16-12-20-30-40-74(90)87-63-59-83-55-56-84-60-64-88-76(92)42-32-22-14-18-28-38-72-66(4)68(34-24-10-8-6-2)43-45-69(72)35-25-15-11-19-29-39-73(89)85-61-57-81-53-51-79-49-47-77/h43-46,65-72,79-84H,5-42,47-64,77-78H2,1-4H3,(H,85,89)(H,86,91)(H,87,90)(H,88,92). The number of carbonyl (C=O) groups is 4. The molecule has 0 radical (unpaired) electrons. The van der Waals surface area contributed by atoms with Gasteiger partial charge in [-0.3, -0.25) is 19.2 Å². The van der Waals surface area contributed by atoms with Crippen LogP contribution in [0.2, 0.25) is 0 Å². The number of nitrogens with two attached hydrogens (primary N) is 2. The molecule has 538 valence electrons. The molecular formula is C76H150N12O4. The molecular weight excluding hydrogens is 1140 g/mol. The minimum atomic E-state index is 0.160. The summed E-state index contributed by atoms with van der Waals surface area (Å²) in [6.07, 6.45) is 54.9. The van der Waals surface area contributed by atoms with E-state index in [1.807, 2.05) is 0 Å². The molecule has 0 spiro atoms. The molecule has 4 amide bonds. The Hall–Kier alpha value is -2.96. The predicted molar refractivity (Wildman–Crippen MR) is 392 cm³/mol. The summed E-state index contributed by atoms with van der Waals surface area (Å²) in [7, 11) is 0. The van der Waals surface area contributed by atoms with E-state index in [1.54, 1.807) is 0 Å². The van der Waals surface area contributed by atoms with Crippen LogP contribution in [0.3, 0.4) is 0 Å². The number of hydrogen-bond donors (Lipinski definition) is 12. The third-order valence-corrected chi connectivity index (χ3v) is 20.1. The van der Waals surface area contributed by atoms with Crippen molar-refractivity contribution in [2.45, 2.75) is 272 Å². The van der Waals surface area contributed by atoms with Crippen LogP contribution in [0.4, 0.5) is 0 Å². The lowest BCUT2D eigenvalue weighted by Crippen LogP contribution is -2.37.